The van der Waals surface area contributed by atoms with E-state index in [-0.39, 0.29) is 0 Å². The minimum absolute atomic E-state index is 0.612. The van der Waals surface area contributed by atoms with Crippen molar-refractivity contribution in [1.82, 2.24) is 5.32 Å². The van der Waals surface area contributed by atoms with Crippen LogP contribution in [-0.2, 0) is 6.54 Å². The summed E-state index contributed by atoms with van der Waals surface area (Å²) in [7, 11) is 0. The summed E-state index contributed by atoms with van der Waals surface area (Å²) in [6.45, 7) is 7.81. The molecule has 1 heterocycles. The summed E-state index contributed by atoms with van der Waals surface area (Å²) in [6.07, 6.45) is 2.57. The first-order valence-electron chi connectivity index (χ1n) is 5.55. The molecule has 3 heteroatoms. The van der Waals surface area contributed by atoms with Crippen LogP contribution in [0.25, 0.3) is 0 Å². The van der Waals surface area contributed by atoms with Gasteiger partial charge in [-0.05, 0) is 53.1 Å². The monoisotopic (exact) mass is 289 g/mol. The van der Waals surface area contributed by atoms with Crippen LogP contribution in [0.4, 0.5) is 0 Å². The van der Waals surface area contributed by atoms with Crippen molar-refractivity contribution >= 4 is 27.3 Å². The van der Waals surface area contributed by atoms with Crippen LogP contribution in [-0.4, -0.2) is 6.04 Å². The summed E-state index contributed by atoms with van der Waals surface area (Å²) in [6, 6.07) is 2.72. The highest BCUT2D eigenvalue weighted by Crippen LogP contribution is 2.22. The second-order valence-corrected chi connectivity index (χ2v) is 6.30. The van der Waals surface area contributed by atoms with Crippen molar-refractivity contribution in [1.29, 1.82) is 0 Å². The van der Waals surface area contributed by atoms with Gasteiger partial charge in [0.1, 0.15) is 0 Å². The molecule has 0 saturated heterocycles. The lowest BCUT2D eigenvalue weighted by atomic mass is 10.0. The van der Waals surface area contributed by atoms with Gasteiger partial charge in [0, 0.05) is 21.9 Å². The van der Waals surface area contributed by atoms with E-state index in [4.69, 9.17) is 0 Å². The Kier molecular flexibility index (Phi) is 5.87. The molecule has 0 bridgehead atoms. The molecule has 0 spiro atoms. The summed E-state index contributed by atoms with van der Waals surface area (Å²) >= 11 is 5.36. The van der Waals surface area contributed by atoms with Crippen molar-refractivity contribution in [2.75, 3.05) is 0 Å². The smallest absolute Gasteiger partial charge is 0.0327 e. The SMILES string of the molecule is CC(C)CCC(C)NCc1sccc1Br. The van der Waals surface area contributed by atoms with Crippen molar-refractivity contribution in [2.24, 2.45) is 5.92 Å². The maximum absolute atomic E-state index is 3.56. The van der Waals surface area contributed by atoms with Crippen LogP contribution in [0.2, 0.25) is 0 Å². The van der Waals surface area contributed by atoms with Crippen LogP contribution in [0, 0.1) is 5.92 Å². The molecule has 1 aromatic heterocycles. The number of rotatable bonds is 6. The van der Waals surface area contributed by atoms with Gasteiger partial charge in [-0.25, -0.2) is 0 Å². The summed E-state index contributed by atoms with van der Waals surface area (Å²) in [5.41, 5.74) is 0. The Labute approximate surface area is 105 Å². The molecular weight excluding hydrogens is 270 g/mol. The fourth-order valence-electron chi connectivity index (χ4n) is 1.40. The lowest BCUT2D eigenvalue weighted by molar-refractivity contribution is 0.452. The molecule has 0 amide bonds. The molecule has 15 heavy (non-hydrogen) atoms. The third-order valence-electron chi connectivity index (χ3n) is 2.48. The minimum Gasteiger partial charge on any atom is -0.309 e. The van der Waals surface area contributed by atoms with E-state index < -0.39 is 0 Å². The normalized spacial score (nSPS) is 13.4. The summed E-state index contributed by atoms with van der Waals surface area (Å²) in [5, 5.41) is 5.69. The quantitative estimate of drug-likeness (QED) is 0.817. The Morgan fingerprint density at radius 1 is 1.33 bits per heavy atom. The topological polar surface area (TPSA) is 12.0 Å². The van der Waals surface area contributed by atoms with E-state index in [0.29, 0.717) is 6.04 Å². The fraction of sp³-hybridized carbons (Fsp3) is 0.667. The zero-order valence-electron chi connectivity index (χ0n) is 9.72. The Bertz CT molecular complexity index is 283. The molecule has 1 aromatic rings. The molecule has 0 aromatic carbocycles. The molecule has 0 radical (unpaired) electrons. The predicted molar refractivity (Wildman–Crippen MR) is 72.4 cm³/mol. The van der Waals surface area contributed by atoms with Gasteiger partial charge in [-0.3, -0.25) is 0 Å². The Morgan fingerprint density at radius 3 is 2.60 bits per heavy atom. The Hall–Kier alpha value is 0.140. The summed E-state index contributed by atoms with van der Waals surface area (Å²) < 4.78 is 1.23. The number of thiophene rings is 1. The number of hydrogen-bond donors (Lipinski definition) is 1. The van der Waals surface area contributed by atoms with E-state index in [1.165, 1.54) is 22.2 Å². The predicted octanol–water partition coefficient (Wildman–Crippen LogP) is 4.42. The molecule has 1 unspecified atom stereocenters. The first kappa shape index (κ1) is 13.2. The van der Waals surface area contributed by atoms with Crippen LogP contribution in [0.1, 0.15) is 38.5 Å². The van der Waals surface area contributed by atoms with Gasteiger partial charge in [0.2, 0.25) is 0 Å². The van der Waals surface area contributed by atoms with Crippen molar-refractivity contribution in [3.63, 3.8) is 0 Å². The van der Waals surface area contributed by atoms with E-state index in [2.05, 4.69) is 53.5 Å². The third kappa shape index (κ3) is 5.14. The van der Waals surface area contributed by atoms with E-state index >= 15 is 0 Å². The molecule has 1 nitrogen and oxygen atoms in total. The zero-order valence-corrected chi connectivity index (χ0v) is 12.1. The standard InChI is InChI=1S/C12H20BrNS/c1-9(2)4-5-10(3)14-8-12-11(13)6-7-15-12/h6-7,9-10,14H,4-5,8H2,1-3H3. The van der Waals surface area contributed by atoms with Gasteiger partial charge in [-0.15, -0.1) is 11.3 Å². The van der Waals surface area contributed by atoms with Crippen molar-refractivity contribution in [3.8, 4) is 0 Å². The Balaban J connectivity index is 2.22. The highest BCUT2D eigenvalue weighted by molar-refractivity contribution is 9.10. The maximum atomic E-state index is 3.56. The van der Waals surface area contributed by atoms with Crippen LogP contribution in [0.3, 0.4) is 0 Å². The van der Waals surface area contributed by atoms with Gasteiger partial charge < -0.3 is 5.32 Å². The molecule has 0 aliphatic rings. The molecule has 0 aliphatic carbocycles. The highest BCUT2D eigenvalue weighted by Gasteiger charge is 2.05. The first-order valence-corrected chi connectivity index (χ1v) is 7.22. The van der Waals surface area contributed by atoms with Crippen LogP contribution in [0.15, 0.2) is 15.9 Å². The third-order valence-corrected chi connectivity index (χ3v) is 4.41. The van der Waals surface area contributed by atoms with E-state index in [1.54, 1.807) is 11.3 Å². The molecule has 1 N–H and O–H groups in total. The van der Waals surface area contributed by atoms with Gasteiger partial charge in [0.25, 0.3) is 0 Å². The van der Waals surface area contributed by atoms with Gasteiger partial charge >= 0.3 is 0 Å². The second-order valence-electron chi connectivity index (χ2n) is 4.44. The van der Waals surface area contributed by atoms with Gasteiger partial charge in [0.05, 0.1) is 0 Å². The molecule has 0 aliphatic heterocycles. The lowest BCUT2D eigenvalue weighted by Crippen LogP contribution is -2.25. The molecule has 0 saturated carbocycles. The minimum atomic E-state index is 0.612. The first-order chi connectivity index (χ1) is 7.09. The largest absolute Gasteiger partial charge is 0.309 e. The van der Waals surface area contributed by atoms with Crippen LogP contribution < -0.4 is 5.32 Å². The molecular formula is C12H20BrNS. The average Bonchev–Trinajstić information content (AvgIpc) is 2.58. The molecule has 0 fully saturated rings. The number of hydrogen-bond acceptors (Lipinski definition) is 2. The molecule has 1 rings (SSSR count). The average molecular weight is 290 g/mol. The molecule has 86 valence electrons. The van der Waals surface area contributed by atoms with Crippen molar-refractivity contribution < 1.29 is 0 Å². The van der Waals surface area contributed by atoms with Gasteiger partial charge in [0.15, 0.2) is 0 Å². The van der Waals surface area contributed by atoms with Gasteiger partial charge in [-0.1, -0.05) is 13.8 Å². The van der Waals surface area contributed by atoms with Crippen molar-refractivity contribution in [2.45, 2.75) is 46.2 Å². The van der Waals surface area contributed by atoms with E-state index in [1.807, 2.05) is 0 Å². The fourth-order valence-corrected chi connectivity index (χ4v) is 2.85. The van der Waals surface area contributed by atoms with E-state index in [9.17, 15) is 0 Å². The Morgan fingerprint density at radius 2 is 2.07 bits per heavy atom. The zero-order chi connectivity index (χ0) is 11.3. The van der Waals surface area contributed by atoms with E-state index in [0.717, 1.165) is 12.5 Å². The lowest BCUT2D eigenvalue weighted by Gasteiger charge is -2.14. The number of halogens is 1. The summed E-state index contributed by atoms with van der Waals surface area (Å²) in [5.74, 6) is 0.808. The number of nitrogens with one attached hydrogen (secondary N) is 1. The van der Waals surface area contributed by atoms with Crippen molar-refractivity contribution in [3.05, 3.63) is 20.8 Å². The van der Waals surface area contributed by atoms with Gasteiger partial charge in [-0.2, -0.15) is 0 Å². The second kappa shape index (κ2) is 6.66. The van der Waals surface area contributed by atoms with Crippen LogP contribution >= 0.6 is 27.3 Å². The van der Waals surface area contributed by atoms with Crippen LogP contribution in [0.5, 0.6) is 0 Å². The highest BCUT2D eigenvalue weighted by atomic mass is 79.9. The summed E-state index contributed by atoms with van der Waals surface area (Å²) in [4.78, 5) is 1.39. The molecule has 1 atom stereocenters. The maximum Gasteiger partial charge on any atom is 0.0327 e.